The molecule has 0 bridgehead atoms. The number of rotatable bonds is 1. The Kier molecular flexibility index (Phi) is 4.37. The van der Waals surface area contributed by atoms with Crippen LogP contribution in [0.2, 0.25) is 0 Å². The molecule has 2 heterocycles. The number of carbonyl (C=O) groups is 2. The molecule has 134 valence electrons. The fourth-order valence-electron chi connectivity index (χ4n) is 3.91. The summed E-state index contributed by atoms with van der Waals surface area (Å²) in [6, 6.07) is 15.7. The zero-order valence-electron chi connectivity index (χ0n) is 14.9. The van der Waals surface area contributed by atoms with E-state index in [1.54, 1.807) is 11.8 Å². The first-order chi connectivity index (χ1) is 12.6. The van der Waals surface area contributed by atoms with E-state index in [-0.39, 0.29) is 11.8 Å². The average Bonchev–Trinajstić information content (AvgIpc) is 2.88. The van der Waals surface area contributed by atoms with Gasteiger partial charge in [0.25, 0.3) is 0 Å². The summed E-state index contributed by atoms with van der Waals surface area (Å²) in [7, 11) is 0. The molecule has 0 saturated heterocycles. The maximum absolute atomic E-state index is 13.3. The molecule has 2 aliphatic heterocycles. The molecule has 2 amide bonds. The van der Waals surface area contributed by atoms with Crippen molar-refractivity contribution in [2.45, 2.75) is 32.5 Å². The quantitative estimate of drug-likeness (QED) is 0.860. The van der Waals surface area contributed by atoms with Crippen LogP contribution in [0.3, 0.4) is 0 Å². The third-order valence-electron chi connectivity index (χ3n) is 5.33. The highest BCUT2D eigenvalue weighted by atomic mass is 16.2. The second-order valence-corrected chi connectivity index (χ2v) is 6.98. The normalized spacial score (nSPS) is 19.0. The van der Waals surface area contributed by atoms with Crippen molar-refractivity contribution in [1.82, 2.24) is 9.80 Å². The van der Waals surface area contributed by atoms with Gasteiger partial charge in [0.2, 0.25) is 11.8 Å². The minimum atomic E-state index is -0.423. The van der Waals surface area contributed by atoms with Gasteiger partial charge in [0.1, 0.15) is 6.04 Å². The maximum Gasteiger partial charge on any atom is 0.246 e. The summed E-state index contributed by atoms with van der Waals surface area (Å²) in [6.45, 7) is 3.98. The first kappa shape index (κ1) is 16.6. The summed E-state index contributed by atoms with van der Waals surface area (Å²) >= 11 is 0. The number of anilines is 1. The van der Waals surface area contributed by atoms with Crippen LogP contribution in [0, 0.1) is 0 Å². The Morgan fingerprint density at radius 1 is 0.962 bits per heavy atom. The Morgan fingerprint density at radius 2 is 1.65 bits per heavy atom. The smallest absolute Gasteiger partial charge is 0.246 e. The second-order valence-electron chi connectivity index (χ2n) is 6.98. The summed E-state index contributed by atoms with van der Waals surface area (Å²) in [5.41, 5.74) is 4.50. The van der Waals surface area contributed by atoms with Crippen LogP contribution in [0.1, 0.15) is 23.6 Å². The molecule has 0 aliphatic carbocycles. The molecule has 2 aliphatic rings. The molecule has 4 rings (SSSR count). The van der Waals surface area contributed by atoms with Crippen LogP contribution in [0.15, 0.2) is 48.5 Å². The largest absolute Gasteiger partial charge is 0.383 e. The molecule has 26 heavy (non-hydrogen) atoms. The topological polar surface area (TPSA) is 52.7 Å². The summed E-state index contributed by atoms with van der Waals surface area (Å²) in [6.07, 6.45) is 0.583. The Balaban J connectivity index is 1.61. The van der Waals surface area contributed by atoms with E-state index in [0.717, 1.165) is 22.4 Å². The van der Waals surface area contributed by atoms with Gasteiger partial charge in [-0.05, 0) is 22.8 Å². The van der Waals surface area contributed by atoms with Gasteiger partial charge in [-0.15, -0.1) is 0 Å². The predicted molar refractivity (Wildman–Crippen MR) is 101 cm³/mol. The Labute approximate surface area is 153 Å². The molecule has 1 N–H and O–H groups in total. The van der Waals surface area contributed by atoms with Gasteiger partial charge in [0, 0.05) is 45.2 Å². The van der Waals surface area contributed by atoms with Crippen molar-refractivity contribution in [3.8, 4) is 0 Å². The van der Waals surface area contributed by atoms with E-state index in [9.17, 15) is 9.59 Å². The summed E-state index contributed by atoms with van der Waals surface area (Å²) in [5.74, 6) is -0.0144. The van der Waals surface area contributed by atoms with Crippen LogP contribution >= 0.6 is 0 Å². The van der Waals surface area contributed by atoms with Crippen molar-refractivity contribution in [2.24, 2.45) is 0 Å². The van der Waals surface area contributed by atoms with Crippen LogP contribution in [-0.2, 0) is 29.1 Å². The fourth-order valence-corrected chi connectivity index (χ4v) is 3.91. The molecule has 2 aromatic carbocycles. The van der Waals surface area contributed by atoms with Gasteiger partial charge in [-0.3, -0.25) is 9.59 Å². The highest BCUT2D eigenvalue weighted by Crippen LogP contribution is 2.26. The molecular formula is C21H23N3O2. The van der Waals surface area contributed by atoms with E-state index in [2.05, 4.69) is 11.4 Å². The van der Waals surface area contributed by atoms with Gasteiger partial charge in [-0.1, -0.05) is 42.5 Å². The molecule has 1 atom stereocenters. The van der Waals surface area contributed by atoms with Gasteiger partial charge >= 0.3 is 0 Å². The first-order valence-corrected chi connectivity index (χ1v) is 9.08. The van der Waals surface area contributed by atoms with Gasteiger partial charge in [-0.25, -0.2) is 0 Å². The minimum absolute atomic E-state index is 0.0354. The van der Waals surface area contributed by atoms with Gasteiger partial charge in [-0.2, -0.15) is 0 Å². The Morgan fingerprint density at radius 3 is 2.42 bits per heavy atom. The van der Waals surface area contributed by atoms with Crippen LogP contribution in [0.25, 0.3) is 0 Å². The number of amides is 2. The number of nitrogens with one attached hydrogen (secondary N) is 1. The third kappa shape index (κ3) is 3.05. The number of fused-ring (bicyclic) bond motifs is 2. The van der Waals surface area contributed by atoms with E-state index >= 15 is 0 Å². The van der Waals surface area contributed by atoms with Crippen molar-refractivity contribution in [3.05, 3.63) is 65.2 Å². The molecule has 0 radical (unpaired) electrons. The van der Waals surface area contributed by atoms with Gasteiger partial charge < -0.3 is 15.1 Å². The fraction of sp³-hybridized carbons (Fsp3) is 0.333. The Hall–Kier alpha value is -2.82. The molecule has 5 nitrogen and oxygen atoms in total. The van der Waals surface area contributed by atoms with E-state index in [1.807, 2.05) is 47.4 Å². The lowest BCUT2D eigenvalue weighted by molar-refractivity contribution is -0.146. The van der Waals surface area contributed by atoms with Crippen molar-refractivity contribution in [2.75, 3.05) is 18.4 Å². The lowest BCUT2D eigenvalue weighted by atomic mass is 9.93. The lowest BCUT2D eigenvalue weighted by Crippen LogP contribution is -2.53. The molecule has 0 spiro atoms. The van der Waals surface area contributed by atoms with E-state index in [0.29, 0.717) is 32.6 Å². The molecule has 0 fully saturated rings. The van der Waals surface area contributed by atoms with Crippen molar-refractivity contribution in [1.29, 1.82) is 0 Å². The molecule has 0 aromatic heterocycles. The number of hydrogen-bond acceptors (Lipinski definition) is 3. The highest BCUT2D eigenvalue weighted by Gasteiger charge is 2.36. The molecule has 1 unspecified atom stereocenters. The lowest BCUT2D eigenvalue weighted by Gasteiger charge is -2.38. The zero-order chi connectivity index (χ0) is 18.1. The monoisotopic (exact) mass is 349 g/mol. The molecule has 2 aromatic rings. The van der Waals surface area contributed by atoms with E-state index in [1.165, 1.54) is 0 Å². The van der Waals surface area contributed by atoms with Gasteiger partial charge in [0.15, 0.2) is 0 Å². The molecule has 0 saturated carbocycles. The van der Waals surface area contributed by atoms with E-state index < -0.39 is 6.04 Å². The van der Waals surface area contributed by atoms with Gasteiger partial charge in [0.05, 0.1) is 0 Å². The maximum atomic E-state index is 13.3. The van der Waals surface area contributed by atoms with E-state index in [4.69, 9.17) is 0 Å². The van der Waals surface area contributed by atoms with Crippen LogP contribution in [0.4, 0.5) is 5.69 Å². The summed E-state index contributed by atoms with van der Waals surface area (Å²) < 4.78 is 0. The number of nitrogens with zero attached hydrogens (tertiary/aromatic N) is 2. The third-order valence-corrected chi connectivity index (χ3v) is 5.33. The number of para-hydroxylation sites is 1. The first-order valence-electron chi connectivity index (χ1n) is 9.08. The Bertz CT molecular complexity index is 849. The van der Waals surface area contributed by atoms with Crippen molar-refractivity contribution >= 4 is 17.5 Å². The SMILES string of the molecule is CC(=O)N1Cc2ccccc2CC1C(=O)N1CCNc2ccccc2C1. The van der Waals surface area contributed by atoms with Crippen molar-refractivity contribution in [3.63, 3.8) is 0 Å². The number of benzene rings is 2. The van der Waals surface area contributed by atoms with Crippen LogP contribution in [-0.4, -0.2) is 40.7 Å². The average molecular weight is 349 g/mol. The molecular weight excluding hydrogens is 326 g/mol. The summed E-state index contributed by atoms with van der Waals surface area (Å²) in [5, 5.41) is 3.39. The standard InChI is InChI=1S/C21H23N3O2/c1-15(25)24-14-17-7-3-2-6-16(17)12-20(24)21(26)23-11-10-22-19-9-5-4-8-18(19)13-23/h2-9,20,22H,10-14H2,1H3. The molecule has 5 heteroatoms. The number of carbonyl (C=O) groups excluding carboxylic acids is 2. The van der Waals surface area contributed by atoms with Crippen LogP contribution in [0.5, 0.6) is 0 Å². The number of hydrogen-bond donors (Lipinski definition) is 1. The predicted octanol–water partition coefficient (Wildman–Crippen LogP) is 2.41. The zero-order valence-corrected chi connectivity index (χ0v) is 14.9. The minimum Gasteiger partial charge on any atom is -0.383 e. The van der Waals surface area contributed by atoms with Crippen LogP contribution < -0.4 is 5.32 Å². The second kappa shape index (κ2) is 6.83. The van der Waals surface area contributed by atoms with Crippen molar-refractivity contribution < 1.29 is 9.59 Å². The summed E-state index contributed by atoms with van der Waals surface area (Å²) in [4.78, 5) is 29.2. The highest BCUT2D eigenvalue weighted by molar-refractivity contribution is 5.88.